The molecule has 1 amide bonds. The van der Waals surface area contributed by atoms with Crippen LogP contribution in [0.25, 0.3) is 0 Å². The number of halogens is 2. The summed E-state index contributed by atoms with van der Waals surface area (Å²) in [6, 6.07) is 10.4. The van der Waals surface area contributed by atoms with Crippen LogP contribution < -0.4 is 15.2 Å². The highest BCUT2D eigenvalue weighted by molar-refractivity contribution is 9.10. The third-order valence-electron chi connectivity index (χ3n) is 3.07. The zero-order chi connectivity index (χ0) is 18.6. The summed E-state index contributed by atoms with van der Waals surface area (Å²) in [5.41, 5.74) is 3.60. The van der Waals surface area contributed by atoms with E-state index >= 15 is 0 Å². The molecule has 9 heteroatoms. The van der Waals surface area contributed by atoms with Crippen molar-refractivity contribution in [1.82, 2.24) is 0 Å². The Labute approximate surface area is 152 Å². The summed E-state index contributed by atoms with van der Waals surface area (Å²) in [7, 11) is -3.72. The van der Waals surface area contributed by atoms with Crippen molar-refractivity contribution in [1.29, 1.82) is 0 Å². The Kier molecular flexibility index (Phi) is 6.02. The second kappa shape index (κ2) is 7.83. The van der Waals surface area contributed by atoms with Gasteiger partial charge in [-0.05, 0) is 30.3 Å². The monoisotopic (exact) mass is 431 g/mol. The molecule has 2 aromatic carbocycles. The summed E-state index contributed by atoms with van der Waals surface area (Å²) in [4.78, 5) is 11.1. The first-order valence-corrected chi connectivity index (χ1v) is 9.77. The number of hydrogen-bond donors (Lipinski definition) is 1. The third kappa shape index (κ3) is 5.43. The molecule has 1 unspecified atom stereocenters. The molecule has 0 bridgehead atoms. The first kappa shape index (κ1) is 19.2. The Bertz CT molecular complexity index is 888. The number of nitrogens with two attached hydrogens (primary N) is 1. The molecule has 0 saturated carbocycles. The lowest BCUT2D eigenvalue weighted by molar-refractivity contribution is -0.118. The van der Waals surface area contributed by atoms with Crippen molar-refractivity contribution in [3.8, 4) is 17.2 Å². The molecule has 134 valence electrons. The molecule has 2 rings (SSSR count). The Morgan fingerprint density at radius 2 is 1.84 bits per heavy atom. The van der Waals surface area contributed by atoms with E-state index in [2.05, 4.69) is 15.9 Å². The van der Waals surface area contributed by atoms with Crippen molar-refractivity contribution < 1.29 is 27.1 Å². The minimum absolute atomic E-state index is 0.0430. The maximum atomic E-state index is 13.9. The van der Waals surface area contributed by atoms with Crippen molar-refractivity contribution in [2.75, 3.05) is 6.26 Å². The van der Waals surface area contributed by atoms with Crippen molar-refractivity contribution >= 4 is 31.7 Å². The van der Waals surface area contributed by atoms with Crippen LogP contribution >= 0.6 is 15.9 Å². The average molecular weight is 432 g/mol. The molecule has 25 heavy (non-hydrogen) atoms. The molecule has 0 aliphatic heterocycles. The van der Waals surface area contributed by atoms with Gasteiger partial charge >= 0.3 is 0 Å². The quantitative estimate of drug-likeness (QED) is 0.726. The molecule has 2 aromatic rings. The molecular weight excluding hydrogens is 417 g/mol. The second-order valence-electron chi connectivity index (χ2n) is 5.17. The van der Waals surface area contributed by atoms with Crippen LogP contribution in [0.15, 0.2) is 46.9 Å². The SMILES string of the molecule is CS(=O)(=O)C(CC(N)=O)Oc1ccccc1Oc1ccc(Br)cc1F. The van der Waals surface area contributed by atoms with Gasteiger partial charge in [0.05, 0.1) is 6.42 Å². The average Bonchev–Trinajstić information content (AvgIpc) is 2.49. The minimum Gasteiger partial charge on any atom is -0.470 e. The van der Waals surface area contributed by atoms with E-state index < -0.39 is 33.4 Å². The van der Waals surface area contributed by atoms with Crippen LogP contribution in [0.3, 0.4) is 0 Å². The van der Waals surface area contributed by atoms with Gasteiger partial charge in [0.15, 0.2) is 32.9 Å². The van der Waals surface area contributed by atoms with Gasteiger partial charge < -0.3 is 15.2 Å². The van der Waals surface area contributed by atoms with E-state index in [1.807, 2.05) is 0 Å². The summed E-state index contributed by atoms with van der Waals surface area (Å²) < 4.78 is 49.0. The summed E-state index contributed by atoms with van der Waals surface area (Å²) >= 11 is 3.14. The molecule has 0 heterocycles. The minimum atomic E-state index is -3.72. The van der Waals surface area contributed by atoms with E-state index in [-0.39, 0.29) is 17.2 Å². The second-order valence-corrected chi connectivity index (χ2v) is 8.27. The number of hydrogen-bond acceptors (Lipinski definition) is 5. The molecule has 0 saturated heterocycles. The lowest BCUT2D eigenvalue weighted by Crippen LogP contribution is -2.32. The number of rotatable bonds is 7. The third-order valence-corrected chi connectivity index (χ3v) is 4.78. The fourth-order valence-electron chi connectivity index (χ4n) is 1.89. The fraction of sp³-hybridized carbons (Fsp3) is 0.188. The van der Waals surface area contributed by atoms with Gasteiger partial charge in [0.2, 0.25) is 11.3 Å². The number of sulfone groups is 1. The van der Waals surface area contributed by atoms with Crippen molar-refractivity contribution in [3.63, 3.8) is 0 Å². The molecule has 0 aromatic heterocycles. The molecule has 6 nitrogen and oxygen atoms in total. The highest BCUT2D eigenvalue weighted by Crippen LogP contribution is 2.34. The summed E-state index contributed by atoms with van der Waals surface area (Å²) in [5, 5.41) is 0. The topological polar surface area (TPSA) is 95.7 Å². The van der Waals surface area contributed by atoms with Gasteiger partial charge in [-0.2, -0.15) is 0 Å². The van der Waals surface area contributed by atoms with E-state index in [4.69, 9.17) is 15.2 Å². The Morgan fingerprint density at radius 3 is 2.40 bits per heavy atom. The number of ether oxygens (including phenoxy) is 2. The van der Waals surface area contributed by atoms with Crippen LogP contribution in [0.1, 0.15) is 6.42 Å². The fourth-order valence-corrected chi connectivity index (χ4v) is 2.97. The van der Waals surface area contributed by atoms with Gasteiger partial charge in [-0.25, -0.2) is 12.8 Å². The molecule has 0 spiro atoms. The number of benzene rings is 2. The summed E-state index contributed by atoms with van der Waals surface area (Å²) in [6.45, 7) is 0. The summed E-state index contributed by atoms with van der Waals surface area (Å²) in [5.74, 6) is -1.36. The predicted molar refractivity (Wildman–Crippen MR) is 93.7 cm³/mol. The Balaban J connectivity index is 2.32. The smallest absolute Gasteiger partial charge is 0.222 e. The van der Waals surface area contributed by atoms with Gasteiger partial charge in [-0.1, -0.05) is 28.1 Å². The number of primary amides is 1. The molecule has 0 radical (unpaired) electrons. The maximum absolute atomic E-state index is 13.9. The van der Waals surface area contributed by atoms with Crippen LogP contribution in [0.2, 0.25) is 0 Å². The Hall–Kier alpha value is -2.13. The standard InChI is InChI=1S/C16H15BrFNO5S/c1-25(21,22)16(9-15(19)20)24-14-5-3-2-4-13(14)23-12-7-6-10(17)8-11(12)18/h2-8,16H,9H2,1H3,(H2,19,20). The number of amides is 1. The molecule has 0 aliphatic carbocycles. The van der Waals surface area contributed by atoms with Gasteiger partial charge in [0, 0.05) is 10.7 Å². The van der Waals surface area contributed by atoms with Crippen LogP contribution in [-0.4, -0.2) is 26.0 Å². The van der Waals surface area contributed by atoms with Crippen molar-refractivity contribution in [3.05, 3.63) is 52.8 Å². The highest BCUT2D eigenvalue weighted by Gasteiger charge is 2.26. The van der Waals surface area contributed by atoms with Gasteiger partial charge in [-0.15, -0.1) is 0 Å². The van der Waals surface area contributed by atoms with E-state index in [0.717, 1.165) is 6.26 Å². The molecule has 2 N–H and O–H groups in total. The van der Waals surface area contributed by atoms with E-state index in [1.165, 1.54) is 24.3 Å². The molecule has 1 atom stereocenters. The van der Waals surface area contributed by atoms with Gasteiger partial charge in [0.1, 0.15) is 0 Å². The lowest BCUT2D eigenvalue weighted by Gasteiger charge is -2.18. The van der Waals surface area contributed by atoms with Crippen LogP contribution in [0, 0.1) is 5.82 Å². The van der Waals surface area contributed by atoms with Crippen LogP contribution in [0.5, 0.6) is 17.2 Å². The zero-order valence-corrected chi connectivity index (χ0v) is 15.5. The molecule has 0 fully saturated rings. The van der Waals surface area contributed by atoms with Gasteiger partial charge in [0.25, 0.3) is 0 Å². The Morgan fingerprint density at radius 1 is 1.20 bits per heavy atom. The van der Waals surface area contributed by atoms with Crippen molar-refractivity contribution in [2.45, 2.75) is 11.9 Å². The maximum Gasteiger partial charge on any atom is 0.222 e. The first-order chi connectivity index (χ1) is 11.7. The lowest BCUT2D eigenvalue weighted by atomic mass is 10.3. The first-order valence-electron chi connectivity index (χ1n) is 7.02. The molecule has 0 aliphatic rings. The van der Waals surface area contributed by atoms with Crippen molar-refractivity contribution in [2.24, 2.45) is 5.73 Å². The number of carbonyl (C=O) groups excluding carboxylic acids is 1. The van der Waals surface area contributed by atoms with Crippen LogP contribution in [0.4, 0.5) is 4.39 Å². The van der Waals surface area contributed by atoms with E-state index in [9.17, 15) is 17.6 Å². The zero-order valence-electron chi connectivity index (χ0n) is 13.1. The highest BCUT2D eigenvalue weighted by atomic mass is 79.9. The normalized spacial score (nSPS) is 12.4. The van der Waals surface area contributed by atoms with Crippen LogP contribution in [-0.2, 0) is 14.6 Å². The predicted octanol–water partition coefficient (Wildman–Crippen LogP) is 3.01. The largest absolute Gasteiger partial charge is 0.470 e. The van der Waals surface area contributed by atoms with E-state index in [0.29, 0.717) is 4.47 Å². The summed E-state index contributed by atoms with van der Waals surface area (Å²) in [6.07, 6.45) is 0.415. The number of para-hydroxylation sites is 2. The van der Waals surface area contributed by atoms with Gasteiger partial charge in [-0.3, -0.25) is 4.79 Å². The molecular formula is C16H15BrFNO5S. The van der Waals surface area contributed by atoms with E-state index in [1.54, 1.807) is 18.2 Å². The number of carbonyl (C=O) groups is 1.